The second-order valence-electron chi connectivity index (χ2n) is 4.19. The highest BCUT2D eigenvalue weighted by Crippen LogP contribution is 2.20. The Morgan fingerprint density at radius 3 is 3.06 bits per heavy atom. The maximum absolute atomic E-state index is 6.12. The number of halogens is 2. The molecule has 0 aromatic carbocycles. The van der Waals surface area contributed by atoms with E-state index in [-0.39, 0.29) is 0 Å². The third kappa shape index (κ3) is 3.08. The number of pyridine rings is 1. The van der Waals surface area contributed by atoms with Crippen LogP contribution >= 0.6 is 23.2 Å². The maximum atomic E-state index is 6.12. The van der Waals surface area contributed by atoms with Crippen LogP contribution in [0, 0.1) is 0 Å². The topological polar surface area (TPSA) is 28.2 Å². The Balaban J connectivity index is 2.02. The first-order valence-electron chi connectivity index (χ1n) is 5.41. The molecule has 0 unspecified atom stereocenters. The number of nitrogens with zero attached hydrogens (tertiary/aromatic N) is 2. The van der Waals surface area contributed by atoms with Gasteiger partial charge in [-0.3, -0.25) is 4.90 Å². The van der Waals surface area contributed by atoms with Gasteiger partial charge in [-0.1, -0.05) is 23.2 Å². The molecule has 1 saturated heterocycles. The molecular weight excluding hydrogens is 245 g/mol. The summed E-state index contributed by atoms with van der Waals surface area (Å²) in [7, 11) is 0. The van der Waals surface area contributed by atoms with Crippen LogP contribution < -0.4 is 5.32 Å². The second-order valence-corrected chi connectivity index (χ2v) is 4.98. The minimum atomic E-state index is 0.447. The van der Waals surface area contributed by atoms with Crippen molar-refractivity contribution in [3.63, 3.8) is 0 Å². The summed E-state index contributed by atoms with van der Waals surface area (Å²) < 4.78 is 0. The van der Waals surface area contributed by atoms with Gasteiger partial charge in [0.1, 0.15) is 5.15 Å². The van der Waals surface area contributed by atoms with Gasteiger partial charge in [0.2, 0.25) is 0 Å². The van der Waals surface area contributed by atoms with E-state index in [9.17, 15) is 0 Å². The summed E-state index contributed by atoms with van der Waals surface area (Å²) in [5, 5.41) is 4.56. The van der Waals surface area contributed by atoms with Gasteiger partial charge in [0, 0.05) is 49.0 Å². The van der Waals surface area contributed by atoms with Gasteiger partial charge < -0.3 is 5.32 Å². The van der Waals surface area contributed by atoms with E-state index in [1.165, 1.54) is 0 Å². The van der Waals surface area contributed by atoms with Gasteiger partial charge in [-0.2, -0.15) is 0 Å². The summed E-state index contributed by atoms with van der Waals surface area (Å²) in [6, 6.07) is 2.23. The minimum Gasteiger partial charge on any atom is -0.312 e. The predicted molar refractivity (Wildman–Crippen MR) is 67.0 cm³/mol. The van der Waals surface area contributed by atoms with Gasteiger partial charge in [-0.15, -0.1) is 0 Å². The molecule has 2 rings (SSSR count). The molecule has 1 aliphatic heterocycles. The molecule has 0 amide bonds. The van der Waals surface area contributed by atoms with Crippen molar-refractivity contribution in [1.82, 2.24) is 15.2 Å². The van der Waals surface area contributed by atoms with Gasteiger partial charge in [0.05, 0.1) is 0 Å². The van der Waals surface area contributed by atoms with E-state index in [0.29, 0.717) is 16.2 Å². The summed E-state index contributed by atoms with van der Waals surface area (Å²) in [5.74, 6) is 0. The molecule has 88 valence electrons. The molecule has 0 spiro atoms. The van der Waals surface area contributed by atoms with Crippen molar-refractivity contribution >= 4 is 23.2 Å². The quantitative estimate of drug-likeness (QED) is 0.826. The maximum Gasteiger partial charge on any atom is 0.130 e. The number of piperazine rings is 1. The zero-order chi connectivity index (χ0) is 11.5. The highest BCUT2D eigenvalue weighted by Gasteiger charge is 2.16. The van der Waals surface area contributed by atoms with Crippen molar-refractivity contribution in [2.45, 2.75) is 19.5 Å². The second kappa shape index (κ2) is 5.32. The minimum absolute atomic E-state index is 0.447. The van der Waals surface area contributed by atoms with Crippen LogP contribution in [0.2, 0.25) is 10.2 Å². The molecular formula is C11H15Cl2N3. The van der Waals surface area contributed by atoms with E-state index in [4.69, 9.17) is 23.2 Å². The van der Waals surface area contributed by atoms with Crippen molar-refractivity contribution in [2.24, 2.45) is 0 Å². The monoisotopic (exact) mass is 259 g/mol. The van der Waals surface area contributed by atoms with Gasteiger partial charge in [-0.25, -0.2) is 4.98 Å². The summed E-state index contributed by atoms with van der Waals surface area (Å²) >= 11 is 11.9. The number of nitrogens with one attached hydrogen (secondary N) is 1. The van der Waals surface area contributed by atoms with Crippen molar-refractivity contribution in [1.29, 1.82) is 0 Å². The van der Waals surface area contributed by atoms with Crippen molar-refractivity contribution < 1.29 is 0 Å². The number of aromatic nitrogens is 1. The lowest BCUT2D eigenvalue weighted by atomic mass is 10.2. The Kier molecular flexibility index (Phi) is 4.03. The standard InChI is InChI=1S/C11H15Cl2N3/c1-8-6-16(3-2-14-8)7-9-5-15-11(13)4-10(9)12/h4-5,8,14H,2-3,6-7H2,1H3/t8-/m1/s1. The molecule has 0 aliphatic carbocycles. The average molecular weight is 260 g/mol. The summed E-state index contributed by atoms with van der Waals surface area (Å²) in [6.45, 7) is 6.14. The number of hydrogen-bond acceptors (Lipinski definition) is 3. The van der Waals surface area contributed by atoms with Crippen molar-refractivity contribution in [3.05, 3.63) is 28.0 Å². The highest BCUT2D eigenvalue weighted by atomic mass is 35.5. The Hall–Kier alpha value is -0.350. The molecule has 16 heavy (non-hydrogen) atoms. The molecule has 1 atom stereocenters. The van der Waals surface area contributed by atoms with Crippen molar-refractivity contribution in [2.75, 3.05) is 19.6 Å². The lowest BCUT2D eigenvalue weighted by Crippen LogP contribution is -2.48. The molecule has 1 aliphatic rings. The fraction of sp³-hybridized carbons (Fsp3) is 0.545. The van der Waals surface area contributed by atoms with Crippen LogP contribution in [-0.2, 0) is 6.54 Å². The van der Waals surface area contributed by atoms with Gasteiger partial charge in [-0.05, 0) is 13.0 Å². The lowest BCUT2D eigenvalue weighted by molar-refractivity contribution is 0.199. The van der Waals surface area contributed by atoms with Crippen LogP contribution in [0.3, 0.4) is 0 Å². The molecule has 3 nitrogen and oxygen atoms in total. The Morgan fingerprint density at radius 1 is 1.56 bits per heavy atom. The van der Waals surface area contributed by atoms with E-state index >= 15 is 0 Å². The van der Waals surface area contributed by atoms with Crippen LogP contribution in [0.5, 0.6) is 0 Å². The largest absolute Gasteiger partial charge is 0.312 e. The van der Waals surface area contributed by atoms with Crippen LogP contribution in [0.4, 0.5) is 0 Å². The van der Waals surface area contributed by atoms with Crippen molar-refractivity contribution in [3.8, 4) is 0 Å². The molecule has 0 radical (unpaired) electrons. The SMILES string of the molecule is C[C@@H]1CN(Cc2cnc(Cl)cc2Cl)CCN1. The molecule has 5 heteroatoms. The fourth-order valence-corrected chi connectivity index (χ4v) is 2.37. The molecule has 1 aromatic rings. The number of hydrogen-bond donors (Lipinski definition) is 1. The Labute approximate surface area is 106 Å². The van der Waals surface area contributed by atoms with E-state index in [0.717, 1.165) is 31.7 Å². The zero-order valence-electron chi connectivity index (χ0n) is 9.21. The first kappa shape index (κ1) is 12.1. The lowest BCUT2D eigenvalue weighted by Gasteiger charge is -2.31. The molecule has 2 heterocycles. The Bertz CT molecular complexity index is 370. The molecule has 0 bridgehead atoms. The highest BCUT2D eigenvalue weighted by molar-refractivity contribution is 6.34. The predicted octanol–water partition coefficient (Wildman–Crippen LogP) is 2.18. The summed E-state index contributed by atoms with van der Waals surface area (Å²) in [6.07, 6.45) is 1.76. The van der Waals surface area contributed by atoms with E-state index in [2.05, 4.69) is 22.1 Å². The third-order valence-corrected chi connectivity index (χ3v) is 3.30. The van der Waals surface area contributed by atoms with Gasteiger partial charge in [0.15, 0.2) is 0 Å². The molecule has 1 fully saturated rings. The normalized spacial score (nSPS) is 22.3. The van der Waals surface area contributed by atoms with E-state index in [1.54, 1.807) is 12.3 Å². The smallest absolute Gasteiger partial charge is 0.130 e. The number of rotatable bonds is 2. The van der Waals surface area contributed by atoms with Crippen LogP contribution in [0.15, 0.2) is 12.3 Å². The van der Waals surface area contributed by atoms with Gasteiger partial charge in [0.25, 0.3) is 0 Å². The molecule has 0 saturated carbocycles. The van der Waals surface area contributed by atoms with E-state index in [1.807, 2.05) is 0 Å². The first-order valence-corrected chi connectivity index (χ1v) is 6.16. The van der Waals surface area contributed by atoms with Crippen LogP contribution in [0.1, 0.15) is 12.5 Å². The van der Waals surface area contributed by atoms with Crippen LogP contribution in [0.25, 0.3) is 0 Å². The van der Waals surface area contributed by atoms with E-state index < -0.39 is 0 Å². The Morgan fingerprint density at radius 2 is 2.38 bits per heavy atom. The van der Waals surface area contributed by atoms with Crippen LogP contribution in [-0.4, -0.2) is 35.6 Å². The first-order chi connectivity index (χ1) is 7.65. The molecule has 1 N–H and O–H groups in total. The average Bonchev–Trinajstić information content (AvgIpc) is 2.22. The molecule has 1 aromatic heterocycles. The fourth-order valence-electron chi connectivity index (χ4n) is 1.95. The third-order valence-electron chi connectivity index (χ3n) is 2.74. The summed E-state index contributed by atoms with van der Waals surface area (Å²) in [5.41, 5.74) is 1.04. The zero-order valence-corrected chi connectivity index (χ0v) is 10.7. The summed E-state index contributed by atoms with van der Waals surface area (Å²) in [4.78, 5) is 6.44. The van der Waals surface area contributed by atoms with Gasteiger partial charge >= 0.3 is 0 Å².